The van der Waals surface area contributed by atoms with Gasteiger partial charge in [-0.3, -0.25) is 0 Å². The van der Waals surface area contributed by atoms with Crippen LogP contribution in [0.3, 0.4) is 0 Å². The SMILES string of the molecule is CC(NC(CO)CO)c1cccc2ccccc12. The predicted octanol–water partition coefficient (Wildman–Crippen LogP) is 1.84. The van der Waals surface area contributed by atoms with Crippen LogP contribution in [-0.2, 0) is 0 Å². The van der Waals surface area contributed by atoms with Gasteiger partial charge in [-0.2, -0.15) is 0 Å². The Bertz CT molecular complexity index is 503. The standard InChI is InChI=1S/C15H19NO2/c1-11(16-13(9-17)10-18)14-8-4-6-12-5-2-3-7-15(12)14/h2-8,11,13,16-18H,9-10H2,1H3. The fourth-order valence-corrected chi connectivity index (χ4v) is 2.23. The first-order valence-electron chi connectivity index (χ1n) is 6.21. The molecule has 0 aromatic heterocycles. The molecule has 0 aliphatic carbocycles. The van der Waals surface area contributed by atoms with Crippen LogP contribution in [0, 0.1) is 0 Å². The molecule has 0 saturated carbocycles. The molecule has 18 heavy (non-hydrogen) atoms. The maximum Gasteiger partial charge on any atom is 0.0607 e. The van der Waals surface area contributed by atoms with Gasteiger partial charge in [0.15, 0.2) is 0 Å². The van der Waals surface area contributed by atoms with Crippen LogP contribution in [0.15, 0.2) is 42.5 Å². The minimum absolute atomic E-state index is 0.0639. The van der Waals surface area contributed by atoms with Gasteiger partial charge in [-0.05, 0) is 23.3 Å². The summed E-state index contributed by atoms with van der Waals surface area (Å²) >= 11 is 0. The first-order chi connectivity index (χ1) is 8.76. The molecule has 96 valence electrons. The first-order valence-corrected chi connectivity index (χ1v) is 6.21. The van der Waals surface area contributed by atoms with Gasteiger partial charge >= 0.3 is 0 Å². The number of hydrogen-bond acceptors (Lipinski definition) is 3. The molecule has 3 N–H and O–H groups in total. The van der Waals surface area contributed by atoms with E-state index in [1.54, 1.807) is 0 Å². The summed E-state index contributed by atoms with van der Waals surface area (Å²) in [6.07, 6.45) is 0. The molecule has 3 nitrogen and oxygen atoms in total. The lowest BCUT2D eigenvalue weighted by molar-refractivity contribution is 0.164. The fraction of sp³-hybridized carbons (Fsp3) is 0.333. The van der Waals surface area contributed by atoms with Crippen molar-refractivity contribution >= 4 is 10.8 Å². The topological polar surface area (TPSA) is 52.5 Å². The highest BCUT2D eigenvalue weighted by atomic mass is 16.3. The average molecular weight is 245 g/mol. The number of hydrogen-bond donors (Lipinski definition) is 3. The second kappa shape index (κ2) is 5.96. The van der Waals surface area contributed by atoms with Gasteiger partial charge in [-0.15, -0.1) is 0 Å². The number of rotatable bonds is 5. The van der Waals surface area contributed by atoms with Crippen molar-refractivity contribution in [3.8, 4) is 0 Å². The summed E-state index contributed by atoms with van der Waals surface area (Å²) in [7, 11) is 0. The lowest BCUT2D eigenvalue weighted by atomic mass is 9.99. The molecule has 3 heteroatoms. The van der Waals surface area contributed by atoms with Crippen molar-refractivity contribution in [2.24, 2.45) is 0 Å². The highest BCUT2D eigenvalue weighted by Gasteiger charge is 2.13. The first kappa shape index (κ1) is 13.0. The molecule has 2 aromatic carbocycles. The number of fused-ring (bicyclic) bond motifs is 1. The zero-order valence-electron chi connectivity index (χ0n) is 10.5. The van der Waals surface area contributed by atoms with E-state index in [9.17, 15) is 0 Å². The quantitative estimate of drug-likeness (QED) is 0.753. The summed E-state index contributed by atoms with van der Waals surface area (Å²) in [5.41, 5.74) is 1.18. The van der Waals surface area contributed by atoms with Crippen molar-refractivity contribution in [2.75, 3.05) is 13.2 Å². The van der Waals surface area contributed by atoms with Crippen LogP contribution in [-0.4, -0.2) is 29.5 Å². The minimum atomic E-state index is -0.279. The molecule has 1 unspecified atom stereocenters. The van der Waals surface area contributed by atoms with E-state index < -0.39 is 0 Å². The smallest absolute Gasteiger partial charge is 0.0607 e. The van der Waals surface area contributed by atoms with Gasteiger partial charge in [0.25, 0.3) is 0 Å². The fourth-order valence-electron chi connectivity index (χ4n) is 2.23. The summed E-state index contributed by atoms with van der Waals surface area (Å²) in [4.78, 5) is 0. The third kappa shape index (κ3) is 2.70. The van der Waals surface area contributed by atoms with Crippen molar-refractivity contribution < 1.29 is 10.2 Å². The largest absolute Gasteiger partial charge is 0.395 e. The zero-order valence-corrected chi connectivity index (χ0v) is 10.5. The molecule has 0 heterocycles. The van der Waals surface area contributed by atoms with Gasteiger partial charge in [0, 0.05) is 6.04 Å². The van der Waals surface area contributed by atoms with Gasteiger partial charge in [0.05, 0.1) is 19.3 Å². The number of nitrogens with one attached hydrogen (secondary N) is 1. The predicted molar refractivity (Wildman–Crippen MR) is 73.5 cm³/mol. The summed E-state index contributed by atoms with van der Waals surface area (Å²) in [6, 6.07) is 14.2. The molecule has 2 rings (SSSR count). The summed E-state index contributed by atoms with van der Waals surface area (Å²) in [5.74, 6) is 0. The Hall–Kier alpha value is -1.42. The van der Waals surface area contributed by atoms with E-state index >= 15 is 0 Å². The molecule has 0 amide bonds. The van der Waals surface area contributed by atoms with Crippen LogP contribution in [0.4, 0.5) is 0 Å². The van der Waals surface area contributed by atoms with Gasteiger partial charge in [-0.1, -0.05) is 42.5 Å². The van der Waals surface area contributed by atoms with E-state index in [0.29, 0.717) is 0 Å². The normalized spacial score (nSPS) is 13.1. The highest BCUT2D eigenvalue weighted by Crippen LogP contribution is 2.24. The second-order valence-electron chi connectivity index (χ2n) is 4.52. The Morgan fingerprint density at radius 1 is 1.00 bits per heavy atom. The lowest BCUT2D eigenvalue weighted by Crippen LogP contribution is -2.37. The molecule has 2 aromatic rings. The molecule has 1 atom stereocenters. The summed E-state index contributed by atoms with van der Waals surface area (Å²) in [6.45, 7) is 1.91. The third-order valence-corrected chi connectivity index (χ3v) is 3.22. The molecule has 0 fully saturated rings. The van der Waals surface area contributed by atoms with E-state index in [-0.39, 0.29) is 25.3 Å². The Kier molecular flexibility index (Phi) is 4.31. The Balaban J connectivity index is 2.30. The third-order valence-electron chi connectivity index (χ3n) is 3.22. The molecular formula is C15H19NO2. The summed E-state index contributed by atoms with van der Waals surface area (Å²) < 4.78 is 0. The molecule has 0 bridgehead atoms. The molecule has 0 saturated heterocycles. The van der Waals surface area contributed by atoms with Gasteiger partial charge in [-0.25, -0.2) is 0 Å². The van der Waals surface area contributed by atoms with Gasteiger partial charge in [0.2, 0.25) is 0 Å². The number of benzene rings is 2. The van der Waals surface area contributed by atoms with E-state index in [0.717, 1.165) is 0 Å². The van der Waals surface area contributed by atoms with Crippen LogP contribution in [0.2, 0.25) is 0 Å². The van der Waals surface area contributed by atoms with Crippen LogP contribution in [0.5, 0.6) is 0 Å². The van der Waals surface area contributed by atoms with E-state index in [2.05, 4.69) is 29.6 Å². The van der Waals surface area contributed by atoms with Crippen molar-refractivity contribution in [2.45, 2.75) is 19.0 Å². The van der Waals surface area contributed by atoms with E-state index in [1.165, 1.54) is 16.3 Å². The Morgan fingerprint density at radius 3 is 2.39 bits per heavy atom. The van der Waals surface area contributed by atoms with E-state index in [4.69, 9.17) is 10.2 Å². The van der Waals surface area contributed by atoms with Gasteiger partial charge in [0.1, 0.15) is 0 Å². The second-order valence-corrected chi connectivity index (χ2v) is 4.52. The zero-order chi connectivity index (χ0) is 13.0. The minimum Gasteiger partial charge on any atom is -0.395 e. The molecule has 0 aliphatic heterocycles. The van der Waals surface area contributed by atoms with Crippen LogP contribution in [0.25, 0.3) is 10.8 Å². The van der Waals surface area contributed by atoms with Crippen molar-refractivity contribution in [3.63, 3.8) is 0 Å². The van der Waals surface area contributed by atoms with Gasteiger partial charge < -0.3 is 15.5 Å². The number of aliphatic hydroxyl groups excluding tert-OH is 2. The summed E-state index contributed by atoms with van der Waals surface area (Å²) in [5, 5.41) is 23.9. The Morgan fingerprint density at radius 2 is 1.67 bits per heavy atom. The van der Waals surface area contributed by atoms with Crippen molar-refractivity contribution in [1.29, 1.82) is 0 Å². The maximum absolute atomic E-state index is 9.11. The highest BCUT2D eigenvalue weighted by molar-refractivity contribution is 5.86. The maximum atomic E-state index is 9.11. The number of aliphatic hydroxyl groups is 2. The lowest BCUT2D eigenvalue weighted by Gasteiger charge is -2.21. The van der Waals surface area contributed by atoms with Crippen molar-refractivity contribution in [1.82, 2.24) is 5.32 Å². The van der Waals surface area contributed by atoms with Crippen LogP contribution >= 0.6 is 0 Å². The average Bonchev–Trinajstić information content (AvgIpc) is 2.43. The molecule has 0 radical (unpaired) electrons. The monoisotopic (exact) mass is 245 g/mol. The van der Waals surface area contributed by atoms with E-state index in [1.807, 2.05) is 25.1 Å². The molecular weight excluding hydrogens is 226 g/mol. The molecule has 0 aliphatic rings. The molecule has 0 spiro atoms. The van der Waals surface area contributed by atoms with Crippen LogP contribution in [0.1, 0.15) is 18.5 Å². The van der Waals surface area contributed by atoms with Crippen molar-refractivity contribution in [3.05, 3.63) is 48.0 Å². The Labute approximate surface area is 107 Å². The van der Waals surface area contributed by atoms with Crippen LogP contribution < -0.4 is 5.32 Å².